The summed E-state index contributed by atoms with van der Waals surface area (Å²) in [6, 6.07) is 8.19. The van der Waals surface area contributed by atoms with E-state index in [1.165, 1.54) is 18.5 Å². The molecule has 1 saturated heterocycles. The highest BCUT2D eigenvalue weighted by molar-refractivity contribution is 5.79. The van der Waals surface area contributed by atoms with Crippen molar-refractivity contribution in [2.45, 2.75) is 19.9 Å². The van der Waals surface area contributed by atoms with Gasteiger partial charge in [0.05, 0.1) is 7.11 Å². The van der Waals surface area contributed by atoms with Gasteiger partial charge >= 0.3 is 0 Å². The number of nitrogens with one attached hydrogen (secondary N) is 1. The van der Waals surface area contributed by atoms with E-state index in [0.717, 1.165) is 37.9 Å². The maximum atomic E-state index is 5.30. The molecule has 1 aromatic carbocycles. The Hall–Kier alpha value is -1.75. The predicted molar refractivity (Wildman–Crippen MR) is 96.0 cm³/mol. The standard InChI is InChI=1S/C18H30N4O/c1-5-19-18(20-12-16-9-10-21(2)13-16)22(3)14-15-7-6-8-17(11-15)23-4/h6-8,11,16H,5,9-10,12-14H2,1-4H3,(H,19,20). The van der Waals surface area contributed by atoms with Crippen LogP contribution in [0.2, 0.25) is 0 Å². The molecule has 23 heavy (non-hydrogen) atoms. The largest absolute Gasteiger partial charge is 0.497 e. The van der Waals surface area contributed by atoms with Crippen molar-refractivity contribution in [3.8, 4) is 5.75 Å². The van der Waals surface area contributed by atoms with Crippen LogP contribution in [0, 0.1) is 5.92 Å². The van der Waals surface area contributed by atoms with Gasteiger partial charge in [-0.15, -0.1) is 0 Å². The zero-order valence-electron chi connectivity index (χ0n) is 14.9. The van der Waals surface area contributed by atoms with E-state index in [1.54, 1.807) is 7.11 Å². The van der Waals surface area contributed by atoms with Crippen LogP contribution in [0.15, 0.2) is 29.3 Å². The van der Waals surface area contributed by atoms with Gasteiger partial charge in [0, 0.05) is 33.2 Å². The lowest BCUT2D eigenvalue weighted by molar-refractivity contribution is 0.396. The highest BCUT2D eigenvalue weighted by Crippen LogP contribution is 2.16. The van der Waals surface area contributed by atoms with Crippen molar-refractivity contribution in [2.24, 2.45) is 10.9 Å². The minimum Gasteiger partial charge on any atom is -0.497 e. The number of guanidine groups is 1. The molecule has 0 amide bonds. The van der Waals surface area contributed by atoms with Crippen molar-refractivity contribution in [1.82, 2.24) is 15.1 Å². The number of likely N-dealkylation sites (tertiary alicyclic amines) is 1. The molecule has 0 aromatic heterocycles. The average molecular weight is 318 g/mol. The van der Waals surface area contributed by atoms with Gasteiger partial charge in [-0.1, -0.05) is 12.1 Å². The summed E-state index contributed by atoms with van der Waals surface area (Å²) in [5, 5.41) is 3.40. The molecule has 5 nitrogen and oxygen atoms in total. The molecule has 1 N–H and O–H groups in total. The summed E-state index contributed by atoms with van der Waals surface area (Å²) in [5.74, 6) is 2.55. The summed E-state index contributed by atoms with van der Waals surface area (Å²) >= 11 is 0. The molecule has 0 spiro atoms. The Kier molecular flexibility index (Phi) is 6.71. The predicted octanol–water partition coefficient (Wildman–Crippen LogP) is 2.04. The second-order valence-electron chi connectivity index (χ2n) is 6.32. The molecule has 1 aliphatic heterocycles. The van der Waals surface area contributed by atoms with Crippen LogP contribution in [0.3, 0.4) is 0 Å². The first-order chi connectivity index (χ1) is 11.1. The topological polar surface area (TPSA) is 40.1 Å². The van der Waals surface area contributed by atoms with Crippen molar-refractivity contribution in [3.05, 3.63) is 29.8 Å². The van der Waals surface area contributed by atoms with Gasteiger partial charge in [0.2, 0.25) is 0 Å². The van der Waals surface area contributed by atoms with Crippen LogP contribution in [-0.4, -0.2) is 63.1 Å². The summed E-state index contributed by atoms with van der Waals surface area (Å²) in [5.41, 5.74) is 1.22. The second kappa shape index (κ2) is 8.77. The Labute approximate surface area is 140 Å². The van der Waals surface area contributed by atoms with Gasteiger partial charge < -0.3 is 19.9 Å². The maximum absolute atomic E-state index is 5.30. The molecule has 1 aliphatic rings. The molecule has 1 heterocycles. The van der Waals surface area contributed by atoms with E-state index < -0.39 is 0 Å². The highest BCUT2D eigenvalue weighted by Gasteiger charge is 2.19. The number of methoxy groups -OCH3 is 1. The van der Waals surface area contributed by atoms with E-state index in [0.29, 0.717) is 5.92 Å². The van der Waals surface area contributed by atoms with Crippen LogP contribution >= 0.6 is 0 Å². The van der Waals surface area contributed by atoms with Crippen LogP contribution in [-0.2, 0) is 6.54 Å². The monoisotopic (exact) mass is 318 g/mol. The third-order valence-electron chi connectivity index (χ3n) is 4.24. The Morgan fingerprint density at radius 2 is 2.30 bits per heavy atom. The fraction of sp³-hybridized carbons (Fsp3) is 0.611. The van der Waals surface area contributed by atoms with Gasteiger partial charge in [-0.3, -0.25) is 4.99 Å². The number of nitrogens with zero attached hydrogens (tertiary/aromatic N) is 3. The van der Waals surface area contributed by atoms with Crippen LogP contribution in [0.1, 0.15) is 18.9 Å². The molecular weight excluding hydrogens is 288 g/mol. The van der Waals surface area contributed by atoms with Gasteiger partial charge in [0.25, 0.3) is 0 Å². The van der Waals surface area contributed by atoms with E-state index in [9.17, 15) is 0 Å². The Morgan fingerprint density at radius 3 is 2.96 bits per heavy atom. The summed E-state index contributed by atoms with van der Waals surface area (Å²) in [7, 11) is 5.97. The molecule has 5 heteroatoms. The van der Waals surface area contributed by atoms with E-state index in [4.69, 9.17) is 9.73 Å². The number of rotatable bonds is 6. The summed E-state index contributed by atoms with van der Waals surface area (Å²) < 4.78 is 5.30. The Balaban J connectivity index is 1.97. The van der Waals surface area contributed by atoms with Gasteiger partial charge in [-0.2, -0.15) is 0 Å². The van der Waals surface area contributed by atoms with Crippen molar-refractivity contribution in [1.29, 1.82) is 0 Å². The first kappa shape index (κ1) is 17.6. The van der Waals surface area contributed by atoms with Crippen molar-refractivity contribution in [3.63, 3.8) is 0 Å². The summed E-state index contributed by atoms with van der Waals surface area (Å²) in [4.78, 5) is 9.40. The van der Waals surface area contributed by atoms with Crippen molar-refractivity contribution in [2.75, 3.05) is 47.4 Å². The lowest BCUT2D eigenvalue weighted by atomic mass is 10.1. The SMILES string of the molecule is CCNC(=NCC1CCN(C)C1)N(C)Cc1cccc(OC)c1. The zero-order chi connectivity index (χ0) is 16.7. The number of aliphatic imine (C=N–C) groups is 1. The molecule has 0 saturated carbocycles. The molecule has 0 radical (unpaired) electrons. The fourth-order valence-corrected chi connectivity index (χ4v) is 2.98. The van der Waals surface area contributed by atoms with E-state index >= 15 is 0 Å². The molecule has 1 unspecified atom stereocenters. The quantitative estimate of drug-likeness (QED) is 0.644. The van der Waals surface area contributed by atoms with Crippen LogP contribution in [0.4, 0.5) is 0 Å². The van der Waals surface area contributed by atoms with Gasteiger partial charge in [-0.25, -0.2) is 0 Å². The van der Waals surface area contributed by atoms with E-state index in [2.05, 4.69) is 48.3 Å². The van der Waals surface area contributed by atoms with Crippen LogP contribution in [0.5, 0.6) is 5.75 Å². The number of hydrogen-bond donors (Lipinski definition) is 1. The molecule has 0 aliphatic carbocycles. The van der Waals surface area contributed by atoms with Gasteiger partial charge in [0.15, 0.2) is 5.96 Å². The second-order valence-corrected chi connectivity index (χ2v) is 6.32. The normalized spacial score (nSPS) is 19.0. The van der Waals surface area contributed by atoms with Crippen LogP contribution < -0.4 is 10.1 Å². The number of ether oxygens (including phenoxy) is 1. The van der Waals surface area contributed by atoms with Gasteiger partial charge in [-0.05, 0) is 50.6 Å². The Bertz CT molecular complexity index is 517. The third-order valence-corrected chi connectivity index (χ3v) is 4.24. The van der Waals surface area contributed by atoms with Crippen molar-refractivity contribution >= 4 is 5.96 Å². The first-order valence-corrected chi connectivity index (χ1v) is 8.43. The summed E-state index contributed by atoms with van der Waals surface area (Å²) in [6.45, 7) is 7.05. The molecule has 1 aromatic rings. The molecule has 2 rings (SSSR count). The molecule has 1 fully saturated rings. The lowest BCUT2D eigenvalue weighted by Gasteiger charge is -2.23. The molecular formula is C18H30N4O. The number of benzene rings is 1. The highest BCUT2D eigenvalue weighted by atomic mass is 16.5. The minimum atomic E-state index is 0.680. The van der Waals surface area contributed by atoms with Gasteiger partial charge in [0.1, 0.15) is 5.75 Å². The van der Waals surface area contributed by atoms with Crippen molar-refractivity contribution < 1.29 is 4.74 Å². The third kappa shape index (κ3) is 5.43. The van der Waals surface area contributed by atoms with E-state index in [1.807, 2.05) is 12.1 Å². The maximum Gasteiger partial charge on any atom is 0.193 e. The van der Waals surface area contributed by atoms with E-state index in [-0.39, 0.29) is 0 Å². The molecule has 128 valence electrons. The molecule has 1 atom stereocenters. The minimum absolute atomic E-state index is 0.680. The first-order valence-electron chi connectivity index (χ1n) is 8.43. The fourth-order valence-electron chi connectivity index (χ4n) is 2.98. The number of hydrogen-bond acceptors (Lipinski definition) is 3. The zero-order valence-corrected chi connectivity index (χ0v) is 14.9. The molecule has 0 bridgehead atoms. The Morgan fingerprint density at radius 1 is 1.48 bits per heavy atom. The smallest absolute Gasteiger partial charge is 0.193 e. The van der Waals surface area contributed by atoms with Crippen LogP contribution in [0.25, 0.3) is 0 Å². The summed E-state index contributed by atoms with van der Waals surface area (Å²) in [6.07, 6.45) is 1.25. The lowest BCUT2D eigenvalue weighted by Crippen LogP contribution is -2.38. The average Bonchev–Trinajstić information content (AvgIpc) is 2.97.